The number of rotatable bonds is 1. The Hall–Kier alpha value is -0.0400. The van der Waals surface area contributed by atoms with Gasteiger partial charge in [-0.25, -0.2) is 0 Å². The fraction of sp³-hybridized carbons (Fsp3) is 1.00. The van der Waals surface area contributed by atoms with Crippen LogP contribution in [0.1, 0.15) is 39.5 Å². The molecule has 0 N–H and O–H groups in total. The van der Waals surface area contributed by atoms with Gasteiger partial charge in [0, 0.05) is 6.54 Å². The quantitative estimate of drug-likeness (QED) is 0.601. The van der Waals surface area contributed by atoms with E-state index >= 15 is 0 Å². The molecule has 1 spiro atoms. The average molecular weight is 181 g/mol. The van der Waals surface area contributed by atoms with Crippen molar-refractivity contribution in [1.82, 2.24) is 4.90 Å². The van der Waals surface area contributed by atoms with Crippen molar-refractivity contribution < 1.29 is 0 Å². The van der Waals surface area contributed by atoms with E-state index in [0.29, 0.717) is 0 Å². The fourth-order valence-electron chi connectivity index (χ4n) is 3.31. The van der Waals surface area contributed by atoms with E-state index in [9.17, 15) is 0 Å². The zero-order chi connectivity index (χ0) is 9.47. The molecule has 1 heteroatoms. The standard InChI is InChI=1S/C12H23N/c1-10(2)11-7-12(8-11)5-4-6-13(3)9-12/h10-11H,4-9H2,1-3H3. The average Bonchev–Trinajstić information content (AvgIpc) is 1.99. The molecular weight excluding hydrogens is 158 g/mol. The predicted molar refractivity (Wildman–Crippen MR) is 56.7 cm³/mol. The van der Waals surface area contributed by atoms with Crippen LogP contribution in [0.25, 0.3) is 0 Å². The van der Waals surface area contributed by atoms with Crippen LogP contribution in [0.2, 0.25) is 0 Å². The lowest BCUT2D eigenvalue weighted by molar-refractivity contribution is -0.0325. The van der Waals surface area contributed by atoms with Crippen LogP contribution in [-0.4, -0.2) is 25.0 Å². The van der Waals surface area contributed by atoms with Crippen LogP contribution in [0.4, 0.5) is 0 Å². The van der Waals surface area contributed by atoms with Gasteiger partial charge in [0.2, 0.25) is 0 Å². The second kappa shape index (κ2) is 3.27. The number of likely N-dealkylation sites (tertiary alicyclic amines) is 1. The van der Waals surface area contributed by atoms with Gasteiger partial charge in [0.15, 0.2) is 0 Å². The summed E-state index contributed by atoms with van der Waals surface area (Å²) in [6, 6.07) is 0. The summed E-state index contributed by atoms with van der Waals surface area (Å²) in [7, 11) is 2.28. The molecule has 0 radical (unpaired) electrons. The van der Waals surface area contributed by atoms with E-state index in [-0.39, 0.29) is 0 Å². The third-order valence-corrected chi connectivity index (χ3v) is 4.19. The largest absolute Gasteiger partial charge is 0.306 e. The summed E-state index contributed by atoms with van der Waals surface area (Å²) in [5.41, 5.74) is 0.752. The van der Waals surface area contributed by atoms with Gasteiger partial charge in [-0.05, 0) is 56.5 Å². The summed E-state index contributed by atoms with van der Waals surface area (Å²) < 4.78 is 0. The first kappa shape index (κ1) is 9.51. The molecule has 1 saturated carbocycles. The first-order valence-corrected chi connectivity index (χ1v) is 5.80. The van der Waals surface area contributed by atoms with Crippen molar-refractivity contribution in [2.75, 3.05) is 20.1 Å². The molecule has 1 saturated heterocycles. The lowest BCUT2D eigenvalue weighted by Crippen LogP contribution is -2.50. The van der Waals surface area contributed by atoms with E-state index in [1.165, 1.54) is 38.8 Å². The van der Waals surface area contributed by atoms with Gasteiger partial charge in [-0.2, -0.15) is 0 Å². The molecule has 0 aromatic rings. The summed E-state index contributed by atoms with van der Waals surface area (Å²) >= 11 is 0. The van der Waals surface area contributed by atoms with Gasteiger partial charge in [0.1, 0.15) is 0 Å². The fourth-order valence-corrected chi connectivity index (χ4v) is 3.31. The maximum Gasteiger partial charge on any atom is 0.00351 e. The topological polar surface area (TPSA) is 3.24 Å². The predicted octanol–water partition coefficient (Wildman–Crippen LogP) is 2.76. The Kier molecular flexibility index (Phi) is 2.39. The summed E-state index contributed by atoms with van der Waals surface area (Å²) in [5, 5.41) is 0. The third-order valence-electron chi connectivity index (χ3n) is 4.19. The highest BCUT2D eigenvalue weighted by Crippen LogP contribution is 2.53. The van der Waals surface area contributed by atoms with E-state index in [2.05, 4.69) is 25.8 Å². The summed E-state index contributed by atoms with van der Waals surface area (Å²) in [6.45, 7) is 7.46. The number of hydrogen-bond acceptors (Lipinski definition) is 1. The Bertz CT molecular complexity index is 180. The molecule has 0 aromatic carbocycles. The Morgan fingerprint density at radius 2 is 2.00 bits per heavy atom. The minimum atomic E-state index is 0.752. The molecule has 0 amide bonds. The van der Waals surface area contributed by atoms with E-state index in [1.54, 1.807) is 0 Å². The molecule has 0 atom stereocenters. The van der Waals surface area contributed by atoms with Gasteiger partial charge in [0.05, 0.1) is 0 Å². The van der Waals surface area contributed by atoms with Crippen molar-refractivity contribution in [3.63, 3.8) is 0 Å². The van der Waals surface area contributed by atoms with E-state index in [1.807, 2.05) is 0 Å². The van der Waals surface area contributed by atoms with Crippen LogP contribution >= 0.6 is 0 Å². The zero-order valence-corrected chi connectivity index (χ0v) is 9.34. The van der Waals surface area contributed by atoms with Gasteiger partial charge in [-0.1, -0.05) is 13.8 Å². The van der Waals surface area contributed by atoms with Crippen molar-refractivity contribution in [1.29, 1.82) is 0 Å². The molecule has 2 rings (SSSR count). The molecular formula is C12H23N. The van der Waals surface area contributed by atoms with Crippen LogP contribution in [0.15, 0.2) is 0 Å². The Balaban J connectivity index is 1.88. The molecule has 0 unspecified atom stereocenters. The molecule has 2 aliphatic rings. The summed E-state index contributed by atoms with van der Waals surface area (Å²) in [5.74, 6) is 1.95. The maximum atomic E-state index is 2.53. The van der Waals surface area contributed by atoms with Gasteiger partial charge in [-0.3, -0.25) is 0 Å². The summed E-state index contributed by atoms with van der Waals surface area (Å²) in [6.07, 6.45) is 5.95. The molecule has 76 valence electrons. The normalized spacial score (nSPS) is 41.1. The van der Waals surface area contributed by atoms with Crippen molar-refractivity contribution >= 4 is 0 Å². The monoisotopic (exact) mass is 181 g/mol. The highest BCUT2D eigenvalue weighted by Gasteiger charge is 2.46. The second-order valence-corrected chi connectivity index (χ2v) is 5.75. The highest BCUT2D eigenvalue weighted by atomic mass is 15.1. The van der Waals surface area contributed by atoms with E-state index < -0.39 is 0 Å². The number of nitrogens with zero attached hydrogens (tertiary/aromatic N) is 1. The van der Waals surface area contributed by atoms with Gasteiger partial charge < -0.3 is 4.90 Å². The van der Waals surface area contributed by atoms with Gasteiger partial charge >= 0.3 is 0 Å². The maximum absolute atomic E-state index is 2.53. The minimum absolute atomic E-state index is 0.752. The Morgan fingerprint density at radius 3 is 2.54 bits per heavy atom. The first-order valence-electron chi connectivity index (χ1n) is 5.80. The molecule has 1 nitrogen and oxygen atoms in total. The second-order valence-electron chi connectivity index (χ2n) is 5.75. The van der Waals surface area contributed by atoms with Crippen LogP contribution in [0.5, 0.6) is 0 Å². The number of hydrogen-bond donors (Lipinski definition) is 0. The van der Waals surface area contributed by atoms with Crippen molar-refractivity contribution in [3.8, 4) is 0 Å². The third kappa shape index (κ3) is 1.76. The van der Waals surface area contributed by atoms with Crippen molar-refractivity contribution in [2.24, 2.45) is 17.3 Å². The van der Waals surface area contributed by atoms with Crippen molar-refractivity contribution in [2.45, 2.75) is 39.5 Å². The van der Waals surface area contributed by atoms with Crippen LogP contribution in [-0.2, 0) is 0 Å². The SMILES string of the molecule is CC(C)C1CC2(CCCN(C)C2)C1. The lowest BCUT2D eigenvalue weighted by Gasteiger charge is -2.54. The van der Waals surface area contributed by atoms with Crippen molar-refractivity contribution in [3.05, 3.63) is 0 Å². The molecule has 0 bridgehead atoms. The van der Waals surface area contributed by atoms with Crippen LogP contribution < -0.4 is 0 Å². The van der Waals surface area contributed by atoms with E-state index in [0.717, 1.165) is 17.3 Å². The number of piperidine rings is 1. The lowest BCUT2D eigenvalue weighted by atomic mass is 9.56. The molecule has 1 heterocycles. The minimum Gasteiger partial charge on any atom is -0.306 e. The van der Waals surface area contributed by atoms with Gasteiger partial charge in [0.25, 0.3) is 0 Å². The summed E-state index contributed by atoms with van der Waals surface area (Å²) in [4.78, 5) is 2.53. The smallest absolute Gasteiger partial charge is 0.00351 e. The van der Waals surface area contributed by atoms with Crippen LogP contribution in [0.3, 0.4) is 0 Å². The Labute approximate surface area is 82.5 Å². The van der Waals surface area contributed by atoms with Gasteiger partial charge in [-0.15, -0.1) is 0 Å². The van der Waals surface area contributed by atoms with E-state index in [4.69, 9.17) is 0 Å². The molecule has 1 aliphatic carbocycles. The van der Waals surface area contributed by atoms with Crippen LogP contribution in [0, 0.1) is 17.3 Å². The molecule has 1 aliphatic heterocycles. The highest BCUT2D eigenvalue weighted by molar-refractivity contribution is 4.98. The molecule has 2 fully saturated rings. The Morgan fingerprint density at radius 1 is 1.31 bits per heavy atom. The first-order chi connectivity index (χ1) is 6.11. The zero-order valence-electron chi connectivity index (χ0n) is 9.34. The molecule has 13 heavy (non-hydrogen) atoms. The molecule has 0 aromatic heterocycles.